The molecule has 1 aromatic heterocycles. The molecule has 1 heterocycles. The highest BCUT2D eigenvalue weighted by Gasteiger charge is 2.15. The number of fused-ring (bicyclic) bond motifs is 1. The number of hydrazine groups is 1. The van der Waals surface area contributed by atoms with Gasteiger partial charge in [-0.1, -0.05) is 17.7 Å². The number of non-ortho nitro benzene ring substituents is 1. The first kappa shape index (κ1) is 16.7. The predicted octanol–water partition coefficient (Wildman–Crippen LogP) is 2.15. The first-order valence-electron chi connectivity index (χ1n) is 7.11. The van der Waals surface area contributed by atoms with Crippen LogP contribution in [0, 0.1) is 17.0 Å². The summed E-state index contributed by atoms with van der Waals surface area (Å²) in [6.45, 7) is 1.86. The number of aromatic nitrogens is 2. The second-order valence-corrected chi connectivity index (χ2v) is 6.94. The van der Waals surface area contributed by atoms with Crippen molar-refractivity contribution in [3.8, 4) is 0 Å². The van der Waals surface area contributed by atoms with Crippen LogP contribution in [0.5, 0.6) is 0 Å². The Morgan fingerprint density at radius 2 is 1.84 bits per heavy atom. The molecule has 2 N–H and O–H groups in total. The molecule has 0 saturated carbocycles. The predicted molar refractivity (Wildman–Crippen MR) is 91.3 cm³/mol. The van der Waals surface area contributed by atoms with Gasteiger partial charge in [0.25, 0.3) is 15.7 Å². The molecule has 0 spiro atoms. The van der Waals surface area contributed by atoms with E-state index in [4.69, 9.17) is 0 Å². The van der Waals surface area contributed by atoms with Crippen molar-refractivity contribution < 1.29 is 13.3 Å². The summed E-state index contributed by atoms with van der Waals surface area (Å²) in [6, 6.07) is 10.4. The monoisotopic (exact) mass is 359 g/mol. The molecule has 3 rings (SSSR count). The molecular formula is C15H13N5O4S. The summed E-state index contributed by atoms with van der Waals surface area (Å²) in [5, 5.41) is 18.9. The summed E-state index contributed by atoms with van der Waals surface area (Å²) in [5.74, 6) is 0. The summed E-state index contributed by atoms with van der Waals surface area (Å²) in [7, 11) is -3.78. The minimum atomic E-state index is -3.78. The topological polar surface area (TPSA) is 127 Å². The van der Waals surface area contributed by atoms with Crippen LogP contribution < -0.4 is 10.3 Å². The number of hydrogen-bond donors (Lipinski definition) is 2. The van der Waals surface area contributed by atoms with Crippen LogP contribution >= 0.6 is 0 Å². The van der Waals surface area contributed by atoms with Gasteiger partial charge in [0, 0.05) is 17.5 Å². The van der Waals surface area contributed by atoms with Crippen molar-refractivity contribution in [1.82, 2.24) is 15.0 Å². The molecule has 0 unspecified atom stereocenters. The molecule has 9 nitrogen and oxygen atoms in total. The molecule has 3 aromatic rings. The lowest BCUT2D eigenvalue weighted by atomic mass is 10.2. The first-order valence-corrected chi connectivity index (χ1v) is 8.59. The van der Waals surface area contributed by atoms with Crippen LogP contribution in [0.25, 0.3) is 10.9 Å². The maximum Gasteiger partial charge on any atom is 0.271 e. The van der Waals surface area contributed by atoms with E-state index in [1.165, 1.54) is 36.5 Å². The molecule has 0 aliphatic rings. The number of rotatable bonds is 5. The minimum Gasteiger partial charge on any atom is -0.306 e. The van der Waals surface area contributed by atoms with Crippen molar-refractivity contribution in [1.29, 1.82) is 0 Å². The largest absolute Gasteiger partial charge is 0.306 e. The van der Waals surface area contributed by atoms with Crippen LogP contribution in [0.15, 0.2) is 53.6 Å². The number of nitrogens with zero attached hydrogens (tertiary/aromatic N) is 3. The number of aryl methyl sites for hydroxylation is 1. The lowest BCUT2D eigenvalue weighted by Gasteiger charge is -2.11. The zero-order chi connectivity index (χ0) is 18.0. The third kappa shape index (κ3) is 3.54. The van der Waals surface area contributed by atoms with Crippen LogP contribution in [0.4, 0.5) is 11.4 Å². The van der Waals surface area contributed by atoms with Gasteiger partial charge in [0.05, 0.1) is 21.7 Å². The average Bonchev–Trinajstić information content (AvgIpc) is 2.59. The number of anilines is 1. The third-order valence-electron chi connectivity index (χ3n) is 3.49. The molecule has 0 aliphatic heterocycles. The van der Waals surface area contributed by atoms with Crippen LogP contribution in [0.2, 0.25) is 0 Å². The summed E-state index contributed by atoms with van der Waals surface area (Å²) >= 11 is 0. The Kier molecular flexibility index (Phi) is 4.30. The maximum absolute atomic E-state index is 12.3. The fourth-order valence-electron chi connectivity index (χ4n) is 2.16. The van der Waals surface area contributed by atoms with E-state index in [-0.39, 0.29) is 16.1 Å². The smallest absolute Gasteiger partial charge is 0.271 e. The van der Waals surface area contributed by atoms with Crippen LogP contribution in [0.1, 0.15) is 5.56 Å². The maximum atomic E-state index is 12.3. The van der Waals surface area contributed by atoms with Gasteiger partial charge in [-0.05, 0) is 25.1 Å². The summed E-state index contributed by atoms with van der Waals surface area (Å²) in [4.78, 5) is 12.6. The molecule has 0 fully saturated rings. The summed E-state index contributed by atoms with van der Waals surface area (Å²) in [5.41, 5.74) is 4.00. The molecule has 0 saturated heterocycles. The Labute approximate surface area is 142 Å². The second kappa shape index (κ2) is 6.42. The molecule has 0 aliphatic carbocycles. The Hall–Kier alpha value is -3.11. The van der Waals surface area contributed by atoms with Crippen LogP contribution in [0.3, 0.4) is 0 Å². The fraction of sp³-hybridized carbons (Fsp3) is 0.0667. The number of nitro groups is 1. The van der Waals surface area contributed by atoms with Crippen molar-refractivity contribution in [3.05, 3.63) is 64.3 Å². The molecule has 0 radical (unpaired) electrons. The molecule has 0 bridgehead atoms. The zero-order valence-electron chi connectivity index (χ0n) is 13.0. The molecule has 0 amide bonds. The van der Waals surface area contributed by atoms with Gasteiger partial charge in [0.1, 0.15) is 5.52 Å². The van der Waals surface area contributed by atoms with Gasteiger partial charge in [0.2, 0.25) is 0 Å². The second-order valence-electron chi connectivity index (χ2n) is 5.26. The van der Waals surface area contributed by atoms with E-state index in [0.29, 0.717) is 11.1 Å². The Bertz CT molecular complexity index is 1050. The highest BCUT2D eigenvalue weighted by molar-refractivity contribution is 7.89. The van der Waals surface area contributed by atoms with Gasteiger partial charge in [-0.2, -0.15) is 10.2 Å². The van der Waals surface area contributed by atoms with Crippen LogP contribution in [-0.4, -0.2) is 23.5 Å². The van der Waals surface area contributed by atoms with Gasteiger partial charge in [-0.3, -0.25) is 10.1 Å². The number of hydrogen-bond acceptors (Lipinski definition) is 7. The quantitative estimate of drug-likeness (QED) is 0.528. The number of nitro benzene ring substituents is 1. The third-order valence-corrected chi connectivity index (χ3v) is 4.75. The molecule has 0 atom stereocenters. The molecule has 10 heteroatoms. The van der Waals surface area contributed by atoms with Gasteiger partial charge in [0.15, 0.2) is 0 Å². The Morgan fingerprint density at radius 1 is 1.12 bits per heavy atom. The molecule has 25 heavy (non-hydrogen) atoms. The van der Waals surface area contributed by atoms with E-state index < -0.39 is 14.9 Å². The fourth-order valence-corrected chi connectivity index (χ4v) is 3.02. The van der Waals surface area contributed by atoms with Crippen molar-refractivity contribution in [2.75, 3.05) is 5.43 Å². The van der Waals surface area contributed by atoms with E-state index in [1.807, 2.05) is 6.92 Å². The van der Waals surface area contributed by atoms with E-state index >= 15 is 0 Å². The average molecular weight is 359 g/mol. The van der Waals surface area contributed by atoms with Gasteiger partial charge in [-0.15, -0.1) is 4.83 Å². The van der Waals surface area contributed by atoms with Gasteiger partial charge < -0.3 is 5.43 Å². The lowest BCUT2D eigenvalue weighted by molar-refractivity contribution is -0.384. The van der Waals surface area contributed by atoms with Crippen molar-refractivity contribution >= 4 is 32.3 Å². The minimum absolute atomic E-state index is 0.104. The van der Waals surface area contributed by atoms with Gasteiger partial charge in [-0.25, -0.2) is 8.42 Å². The summed E-state index contributed by atoms with van der Waals surface area (Å²) in [6.07, 6.45) is 1.33. The first-order chi connectivity index (χ1) is 11.9. The Morgan fingerprint density at radius 3 is 2.52 bits per heavy atom. The number of nitrogens with one attached hydrogen (secondary N) is 2. The number of benzene rings is 2. The molecule has 2 aromatic carbocycles. The summed E-state index contributed by atoms with van der Waals surface area (Å²) < 4.78 is 24.6. The van der Waals surface area contributed by atoms with Gasteiger partial charge >= 0.3 is 0 Å². The standard InChI is InChI=1S/C15H13N5O4S/c1-10-2-5-12(6-3-10)25(23,24)19-18-15-9-16-17-14-8-11(20(21)22)4-7-13(14)15/h2-9,19H,1H3,(H,17,18). The Balaban J connectivity index is 1.88. The SMILES string of the molecule is Cc1ccc(S(=O)(=O)NNc2cnnc3cc([N+](=O)[O-])ccc23)cc1. The normalized spacial score (nSPS) is 11.4. The lowest BCUT2D eigenvalue weighted by Crippen LogP contribution is -2.29. The number of sulfonamides is 1. The van der Waals surface area contributed by atoms with E-state index in [0.717, 1.165) is 5.56 Å². The molecule has 128 valence electrons. The zero-order valence-corrected chi connectivity index (χ0v) is 13.8. The highest BCUT2D eigenvalue weighted by atomic mass is 32.2. The van der Waals surface area contributed by atoms with Crippen molar-refractivity contribution in [3.63, 3.8) is 0 Å². The van der Waals surface area contributed by atoms with E-state index in [1.54, 1.807) is 12.1 Å². The van der Waals surface area contributed by atoms with E-state index in [2.05, 4.69) is 20.5 Å². The molecular weight excluding hydrogens is 346 g/mol. The van der Waals surface area contributed by atoms with Crippen molar-refractivity contribution in [2.24, 2.45) is 0 Å². The highest BCUT2D eigenvalue weighted by Crippen LogP contribution is 2.24. The van der Waals surface area contributed by atoms with E-state index in [9.17, 15) is 18.5 Å². The van der Waals surface area contributed by atoms with Crippen LogP contribution in [-0.2, 0) is 10.0 Å². The van der Waals surface area contributed by atoms with Crippen molar-refractivity contribution in [2.45, 2.75) is 11.8 Å².